The van der Waals surface area contributed by atoms with Gasteiger partial charge in [-0.15, -0.1) is 0 Å². The molecule has 0 aromatic heterocycles. The highest BCUT2D eigenvalue weighted by Crippen LogP contribution is 2.33. The summed E-state index contributed by atoms with van der Waals surface area (Å²) in [5.74, 6) is 0. The summed E-state index contributed by atoms with van der Waals surface area (Å²) in [6.45, 7) is 0.174. The molecule has 0 radical (unpaired) electrons. The molecule has 0 fully saturated rings. The van der Waals surface area contributed by atoms with Gasteiger partial charge in [0.15, 0.2) is 0 Å². The van der Waals surface area contributed by atoms with Gasteiger partial charge in [0.05, 0.1) is 46.5 Å². The van der Waals surface area contributed by atoms with Crippen LogP contribution in [-0.2, 0) is 32.9 Å². The van der Waals surface area contributed by atoms with E-state index in [0.29, 0.717) is 34.3 Å². The Morgan fingerprint density at radius 2 is 1.02 bits per heavy atom. The zero-order valence-corrected chi connectivity index (χ0v) is 27.7. The Kier molecular flexibility index (Phi) is 10.8. The summed E-state index contributed by atoms with van der Waals surface area (Å²) in [5.41, 5.74) is 2.93. The Morgan fingerprint density at radius 3 is 1.43 bits per heavy atom. The maximum Gasteiger partial charge on any atom is 0.264 e. The number of thiol groups is 1. The fourth-order valence-corrected chi connectivity index (χ4v) is 8.30. The lowest BCUT2D eigenvalue weighted by Gasteiger charge is -2.33. The standard InChI is InChI=1S/2C15H14ClNO3S.CH4S/c2*16-12-5-7-14(8-6-12)21(19,20)17-10-13(18)9-11-3-1-2-4-15(11)17;1-2/h2*1-8,13,18H,9-10H2;2H,1H3/i18T;;. The van der Waals surface area contributed by atoms with E-state index in [-0.39, 0.29) is 22.9 Å². The second-order valence-corrected chi connectivity index (χ2v) is 14.5. The van der Waals surface area contributed by atoms with Crippen molar-refractivity contribution in [2.45, 2.75) is 34.8 Å². The second kappa shape index (κ2) is 14.6. The molecule has 0 spiro atoms. The fraction of sp³-hybridized carbons (Fsp3) is 0.226. The van der Waals surface area contributed by atoms with Crippen LogP contribution in [-0.4, -0.2) is 60.0 Å². The van der Waals surface area contributed by atoms with Gasteiger partial charge in [0.1, 0.15) is 0 Å². The third kappa shape index (κ3) is 7.54. The van der Waals surface area contributed by atoms with Crippen molar-refractivity contribution < 1.29 is 27.1 Å². The van der Waals surface area contributed by atoms with Crippen molar-refractivity contribution in [3.05, 3.63) is 118 Å². The van der Waals surface area contributed by atoms with Crippen LogP contribution in [0.1, 0.15) is 11.1 Å². The van der Waals surface area contributed by atoms with Crippen molar-refractivity contribution in [3.8, 4) is 0 Å². The number of sulfonamides is 2. The molecule has 6 rings (SSSR count). The third-order valence-electron chi connectivity index (χ3n) is 6.97. The molecular weight excluding hydrogens is 663 g/mol. The van der Waals surface area contributed by atoms with Gasteiger partial charge in [-0.3, -0.25) is 8.61 Å². The zero-order chi connectivity index (χ0) is 32.8. The number of β-amino-alcohol motifs (C(OH)–C–C–N with tert-alkyl or cyclic N) is 2. The third-order valence-corrected chi connectivity index (χ3v) is 11.1. The summed E-state index contributed by atoms with van der Waals surface area (Å²) < 4.78 is 61.0. The molecule has 2 unspecified atom stereocenters. The molecule has 0 amide bonds. The van der Waals surface area contributed by atoms with Crippen LogP contribution in [0.2, 0.25) is 10.0 Å². The van der Waals surface area contributed by atoms with E-state index in [0.717, 1.165) is 11.1 Å². The average Bonchev–Trinajstić information content (AvgIpc) is 3.05. The lowest BCUT2D eigenvalue weighted by molar-refractivity contribution is 0.179. The smallest absolute Gasteiger partial charge is 0.264 e. The molecule has 13 heteroatoms. The largest absolute Gasteiger partial charge is 0.391 e. The van der Waals surface area contributed by atoms with E-state index in [1.54, 1.807) is 54.8 Å². The van der Waals surface area contributed by atoms with Crippen molar-refractivity contribution in [3.63, 3.8) is 0 Å². The highest BCUT2D eigenvalue weighted by atomic mass is 35.5. The number of anilines is 2. The van der Waals surface area contributed by atoms with E-state index in [1.807, 2.05) is 24.3 Å². The number of benzene rings is 4. The molecule has 4 aromatic carbocycles. The number of rotatable bonds is 5. The summed E-state index contributed by atoms with van der Waals surface area (Å²) >= 11 is 15.2. The van der Waals surface area contributed by atoms with E-state index < -0.39 is 32.3 Å². The molecule has 2 N–H and O–H groups in total. The van der Waals surface area contributed by atoms with Crippen molar-refractivity contribution in [2.24, 2.45) is 0 Å². The molecule has 0 aliphatic carbocycles. The van der Waals surface area contributed by atoms with Gasteiger partial charge in [-0.05, 0) is 78.0 Å². The van der Waals surface area contributed by atoms with E-state index in [2.05, 4.69) is 17.7 Å². The van der Waals surface area contributed by atoms with E-state index in [4.69, 9.17) is 24.6 Å². The van der Waals surface area contributed by atoms with E-state index in [9.17, 15) is 21.9 Å². The van der Waals surface area contributed by atoms with Crippen LogP contribution >= 0.6 is 35.8 Å². The number of nitrogens with zero attached hydrogens (tertiary/aromatic N) is 2. The molecule has 0 saturated carbocycles. The topological polar surface area (TPSA) is 115 Å². The Balaban J connectivity index is 0.000000194. The van der Waals surface area contributed by atoms with Gasteiger partial charge in [0.2, 0.25) is 1.43 Å². The summed E-state index contributed by atoms with van der Waals surface area (Å²) in [6, 6.07) is 26.6. The lowest BCUT2D eigenvalue weighted by atomic mass is 10.0. The lowest BCUT2D eigenvalue weighted by Crippen LogP contribution is -2.42. The van der Waals surface area contributed by atoms with Crippen LogP contribution in [0.4, 0.5) is 11.4 Å². The molecule has 234 valence electrons. The minimum atomic E-state index is -3.72. The normalized spacial score (nSPS) is 18.0. The van der Waals surface area contributed by atoms with Crippen molar-refractivity contribution in [1.29, 1.82) is 1.43 Å². The van der Waals surface area contributed by atoms with Gasteiger partial charge in [0, 0.05) is 22.9 Å². The number of hydrogen-bond acceptors (Lipinski definition) is 7. The van der Waals surface area contributed by atoms with Gasteiger partial charge in [0.25, 0.3) is 20.0 Å². The highest BCUT2D eigenvalue weighted by Gasteiger charge is 2.33. The molecule has 44 heavy (non-hydrogen) atoms. The molecule has 2 aliphatic heterocycles. The van der Waals surface area contributed by atoms with Crippen LogP contribution in [0.5, 0.6) is 0 Å². The molecule has 0 saturated heterocycles. The fourth-order valence-electron chi connectivity index (χ4n) is 4.98. The maximum absolute atomic E-state index is 12.9. The number of aliphatic hydroxyl groups is 2. The molecule has 4 aromatic rings. The van der Waals surface area contributed by atoms with Crippen LogP contribution in [0.25, 0.3) is 0 Å². The monoisotopic (exact) mass is 696 g/mol. The van der Waals surface area contributed by atoms with Crippen LogP contribution in [0.3, 0.4) is 0 Å². The highest BCUT2D eigenvalue weighted by molar-refractivity contribution is 7.93. The quantitative estimate of drug-likeness (QED) is 0.239. The molecule has 2 aliphatic rings. The van der Waals surface area contributed by atoms with Crippen LogP contribution in [0, 0.1) is 0 Å². The zero-order valence-electron chi connectivity index (χ0n) is 24.6. The first-order chi connectivity index (χ1) is 21.5. The number of halogens is 2. The van der Waals surface area contributed by atoms with Gasteiger partial charge in [-0.25, -0.2) is 16.8 Å². The molecule has 0 bridgehead atoms. The average molecular weight is 698 g/mol. The predicted octanol–water partition coefficient (Wildman–Crippen LogP) is 5.45. The van der Waals surface area contributed by atoms with Crippen molar-refractivity contribution in [1.82, 2.24) is 0 Å². The predicted molar refractivity (Wildman–Crippen MR) is 179 cm³/mol. The van der Waals surface area contributed by atoms with Crippen molar-refractivity contribution >= 4 is 67.3 Å². The minimum Gasteiger partial charge on any atom is -0.391 e. The van der Waals surface area contributed by atoms with E-state index >= 15 is 0 Å². The van der Waals surface area contributed by atoms with Gasteiger partial charge in [-0.1, -0.05) is 59.6 Å². The van der Waals surface area contributed by atoms with Gasteiger partial charge in [-0.2, -0.15) is 12.6 Å². The minimum absolute atomic E-state index is 0.0575. The van der Waals surface area contributed by atoms with Gasteiger partial charge < -0.3 is 10.2 Å². The molecule has 2 atom stereocenters. The summed E-state index contributed by atoms with van der Waals surface area (Å²) in [4.78, 5) is 0.327. The second-order valence-electron chi connectivity index (χ2n) is 9.92. The Bertz CT molecular complexity index is 1810. The molecule has 8 nitrogen and oxygen atoms in total. The van der Waals surface area contributed by atoms with Crippen LogP contribution < -0.4 is 8.61 Å². The first-order valence-corrected chi connectivity index (χ1v) is 18.0. The van der Waals surface area contributed by atoms with Crippen molar-refractivity contribution in [2.75, 3.05) is 28.0 Å². The molecular formula is C31H32Cl2N2O6S3. The Morgan fingerprint density at radius 1 is 0.659 bits per heavy atom. The number of fused-ring (bicyclic) bond motifs is 2. The van der Waals surface area contributed by atoms with Gasteiger partial charge >= 0.3 is 0 Å². The summed E-state index contributed by atoms with van der Waals surface area (Å²) in [6.07, 6.45) is 1.48. The van der Waals surface area contributed by atoms with Crippen LogP contribution in [0.15, 0.2) is 107 Å². The Hall–Kier alpha value is -2.77. The summed E-state index contributed by atoms with van der Waals surface area (Å²) in [7, 11) is -7.43. The molecule has 2 heterocycles. The summed E-state index contributed by atoms with van der Waals surface area (Å²) in [5, 5.41) is 15.6. The SMILES string of the molecule is CS.O=S(=O)(c1ccc(Cl)cc1)N1CC(O)Cc2ccccc21.[3H]OC1Cc2ccccc2N(S(=O)(=O)c2ccc(Cl)cc2)C1. The van der Waals surface area contributed by atoms with E-state index in [1.165, 1.54) is 32.9 Å². The Labute approximate surface area is 275 Å². The number of hydrogen-bond donors (Lipinski definition) is 3. The number of para-hydroxylation sites is 2. The maximum atomic E-state index is 12.9. The number of aliphatic hydroxyl groups excluding tert-OH is 2. The first-order valence-electron chi connectivity index (χ1n) is 13.9. The first kappa shape index (κ1) is 32.6.